The summed E-state index contributed by atoms with van der Waals surface area (Å²) in [4.78, 5) is 12.5. The molecule has 0 heterocycles. The third-order valence-electron chi connectivity index (χ3n) is 2.59. The molecule has 0 rings (SSSR count). The molecule has 0 aromatic heterocycles. The third-order valence-corrected chi connectivity index (χ3v) is 2.59. The molecule has 0 saturated carbocycles. The van der Waals surface area contributed by atoms with E-state index in [0.717, 1.165) is 0 Å². The SMILES string of the molecule is CC(C)C(C(=O)O)N(CC(O)CO)CC(O)CO.[LiH]. The molecule has 0 amide bonds. The minimum absolute atomic E-state index is 0. The van der Waals surface area contributed by atoms with Gasteiger partial charge in [-0.05, 0) is 5.92 Å². The van der Waals surface area contributed by atoms with E-state index in [-0.39, 0.29) is 37.9 Å². The fourth-order valence-corrected chi connectivity index (χ4v) is 1.82. The second kappa shape index (κ2) is 10.6. The summed E-state index contributed by atoms with van der Waals surface area (Å²) in [5.41, 5.74) is 0. The molecule has 3 atom stereocenters. The monoisotopic (exact) mass is 273 g/mol. The summed E-state index contributed by atoms with van der Waals surface area (Å²) < 4.78 is 0. The maximum absolute atomic E-state index is 11.2. The van der Waals surface area contributed by atoms with E-state index in [4.69, 9.17) is 15.3 Å². The van der Waals surface area contributed by atoms with Crippen LogP contribution < -0.4 is 0 Å². The van der Waals surface area contributed by atoms with Crippen molar-refractivity contribution in [2.45, 2.75) is 32.1 Å². The van der Waals surface area contributed by atoms with Crippen LogP contribution in [-0.4, -0.2) is 99.8 Å². The summed E-state index contributed by atoms with van der Waals surface area (Å²) in [5.74, 6) is -1.31. The summed E-state index contributed by atoms with van der Waals surface area (Å²) in [7, 11) is 0. The first-order valence-corrected chi connectivity index (χ1v) is 5.88. The molecule has 0 aliphatic carbocycles. The number of carboxylic acid groups (broad SMARTS) is 1. The Balaban J connectivity index is 0. The zero-order valence-electron chi connectivity index (χ0n) is 10.7. The fourth-order valence-electron chi connectivity index (χ4n) is 1.82. The first kappa shape index (κ1) is 21.2. The average Bonchev–Trinajstić information content (AvgIpc) is 2.27. The number of rotatable bonds is 9. The molecule has 0 aromatic carbocycles. The summed E-state index contributed by atoms with van der Waals surface area (Å²) >= 11 is 0. The number of carboxylic acids is 1. The molecule has 8 heteroatoms. The second-order valence-corrected chi connectivity index (χ2v) is 4.65. The molecule has 0 spiro atoms. The Labute approximate surface area is 125 Å². The molecule has 0 bridgehead atoms. The Morgan fingerprint density at radius 1 is 1.05 bits per heavy atom. The molecule has 7 nitrogen and oxygen atoms in total. The normalized spacial score (nSPS) is 16.0. The topological polar surface area (TPSA) is 121 Å². The predicted octanol–water partition coefficient (Wildman–Crippen LogP) is -2.54. The van der Waals surface area contributed by atoms with E-state index in [0.29, 0.717) is 0 Å². The van der Waals surface area contributed by atoms with Gasteiger partial charge < -0.3 is 25.5 Å². The molecule has 110 valence electrons. The first-order chi connectivity index (χ1) is 8.33. The van der Waals surface area contributed by atoms with Crippen LogP contribution in [0.2, 0.25) is 0 Å². The predicted molar refractivity (Wildman–Crippen MR) is 71.2 cm³/mol. The van der Waals surface area contributed by atoms with Gasteiger partial charge in [0.1, 0.15) is 6.04 Å². The fraction of sp³-hybridized carbons (Fsp3) is 0.909. The molecule has 0 aromatic rings. The maximum atomic E-state index is 11.2. The van der Waals surface area contributed by atoms with E-state index in [2.05, 4.69) is 0 Å². The van der Waals surface area contributed by atoms with Crippen molar-refractivity contribution in [3.8, 4) is 0 Å². The van der Waals surface area contributed by atoms with Gasteiger partial charge in [0.25, 0.3) is 0 Å². The number of nitrogens with zero attached hydrogens (tertiary/aromatic N) is 1. The zero-order chi connectivity index (χ0) is 14.3. The van der Waals surface area contributed by atoms with Crippen LogP contribution in [0.5, 0.6) is 0 Å². The van der Waals surface area contributed by atoms with Crippen molar-refractivity contribution in [3.05, 3.63) is 0 Å². The quantitative estimate of drug-likeness (QED) is 0.293. The summed E-state index contributed by atoms with van der Waals surface area (Å²) in [5, 5.41) is 45.5. The van der Waals surface area contributed by atoms with Crippen LogP contribution >= 0.6 is 0 Å². The van der Waals surface area contributed by atoms with Crippen LogP contribution in [0.3, 0.4) is 0 Å². The van der Waals surface area contributed by atoms with Crippen molar-refractivity contribution in [2.24, 2.45) is 5.92 Å². The Hall–Kier alpha value is -0.133. The Kier molecular flexibility index (Phi) is 11.8. The zero-order valence-corrected chi connectivity index (χ0v) is 10.7. The number of aliphatic hydroxyl groups is 4. The van der Waals surface area contributed by atoms with Crippen LogP contribution in [0, 0.1) is 5.92 Å². The Bertz CT molecular complexity index is 241. The molecule has 5 N–H and O–H groups in total. The first-order valence-electron chi connectivity index (χ1n) is 5.88. The molecule has 3 unspecified atom stereocenters. The molecule has 0 fully saturated rings. The molecule has 0 saturated heterocycles. The third kappa shape index (κ3) is 7.90. The van der Waals surface area contributed by atoms with E-state index in [1.54, 1.807) is 13.8 Å². The second-order valence-electron chi connectivity index (χ2n) is 4.65. The van der Waals surface area contributed by atoms with E-state index in [9.17, 15) is 15.0 Å². The molecular formula is C11H24LiNO6. The van der Waals surface area contributed by atoms with Crippen molar-refractivity contribution in [3.63, 3.8) is 0 Å². The molecule has 0 aliphatic rings. The van der Waals surface area contributed by atoms with Gasteiger partial charge in [0.15, 0.2) is 0 Å². The summed E-state index contributed by atoms with van der Waals surface area (Å²) in [6, 6.07) is -0.896. The Morgan fingerprint density at radius 2 is 1.42 bits per heavy atom. The van der Waals surface area contributed by atoms with Crippen molar-refractivity contribution >= 4 is 24.8 Å². The molecular weight excluding hydrogens is 249 g/mol. The van der Waals surface area contributed by atoms with Crippen LogP contribution in [0.25, 0.3) is 0 Å². The molecule has 19 heavy (non-hydrogen) atoms. The Morgan fingerprint density at radius 3 is 1.63 bits per heavy atom. The van der Waals surface area contributed by atoms with Gasteiger partial charge in [0.05, 0.1) is 25.4 Å². The van der Waals surface area contributed by atoms with Crippen molar-refractivity contribution in [2.75, 3.05) is 26.3 Å². The van der Waals surface area contributed by atoms with Gasteiger partial charge in [-0.3, -0.25) is 9.69 Å². The van der Waals surface area contributed by atoms with E-state index in [1.165, 1.54) is 4.90 Å². The molecule has 0 radical (unpaired) electrons. The van der Waals surface area contributed by atoms with Gasteiger partial charge >= 0.3 is 24.8 Å². The van der Waals surface area contributed by atoms with Crippen LogP contribution in [0.1, 0.15) is 13.8 Å². The van der Waals surface area contributed by atoms with E-state index in [1.807, 2.05) is 0 Å². The van der Waals surface area contributed by atoms with Gasteiger partial charge in [0.2, 0.25) is 0 Å². The number of aliphatic carboxylic acids is 1. The summed E-state index contributed by atoms with van der Waals surface area (Å²) in [6.45, 7) is 2.28. The minimum atomic E-state index is -1.09. The van der Waals surface area contributed by atoms with E-state index < -0.39 is 37.4 Å². The van der Waals surface area contributed by atoms with Crippen LogP contribution in [-0.2, 0) is 4.79 Å². The van der Waals surface area contributed by atoms with Crippen LogP contribution in [0.15, 0.2) is 0 Å². The van der Waals surface area contributed by atoms with Gasteiger partial charge in [0, 0.05) is 13.1 Å². The van der Waals surface area contributed by atoms with Gasteiger partial charge in [-0.25, -0.2) is 0 Å². The number of hydrogen-bond donors (Lipinski definition) is 5. The van der Waals surface area contributed by atoms with Gasteiger partial charge in [-0.2, -0.15) is 0 Å². The van der Waals surface area contributed by atoms with Gasteiger partial charge in [-0.1, -0.05) is 13.8 Å². The molecule has 0 aliphatic heterocycles. The van der Waals surface area contributed by atoms with Crippen molar-refractivity contribution < 1.29 is 30.3 Å². The number of carbonyl (C=O) groups is 1. The standard InChI is InChI=1S/C11H23NO6.Li.H/c1-7(2)10(11(17)18)12(3-8(15)5-13)4-9(16)6-14;;/h7-10,13-16H,3-6H2,1-2H3,(H,17,18);;. The van der Waals surface area contributed by atoms with Crippen molar-refractivity contribution in [1.82, 2.24) is 4.90 Å². The summed E-state index contributed by atoms with van der Waals surface area (Å²) in [6.07, 6.45) is -2.17. The number of hydrogen-bond acceptors (Lipinski definition) is 6. The average molecular weight is 273 g/mol. The van der Waals surface area contributed by atoms with Crippen LogP contribution in [0.4, 0.5) is 0 Å². The van der Waals surface area contributed by atoms with Crippen molar-refractivity contribution in [1.29, 1.82) is 0 Å². The number of aliphatic hydroxyl groups excluding tert-OH is 4. The van der Waals surface area contributed by atoms with Gasteiger partial charge in [-0.15, -0.1) is 0 Å². The van der Waals surface area contributed by atoms with E-state index >= 15 is 0 Å².